The van der Waals surface area contributed by atoms with Crippen LogP contribution in [0.3, 0.4) is 0 Å². The first-order chi connectivity index (χ1) is 21.0. The average Bonchev–Trinajstić information content (AvgIpc) is 2.98. The topological polar surface area (TPSA) is 108 Å². The zero-order valence-electron chi connectivity index (χ0n) is 27.2. The van der Waals surface area contributed by atoms with E-state index in [9.17, 15) is 19.5 Å². The molecule has 2 aromatic carbocycles. The maximum atomic E-state index is 14.6. The molecule has 240 valence electrons. The van der Waals surface area contributed by atoms with E-state index in [1.165, 1.54) is 12.1 Å². The normalized spacial score (nSPS) is 12.5. The summed E-state index contributed by atoms with van der Waals surface area (Å²) in [5.74, 6) is 2.04. The number of phenolic OH excluding ortho intramolecular Hbond substituents is 1. The van der Waals surface area contributed by atoms with Gasteiger partial charge in [0.15, 0.2) is 0 Å². The quantitative estimate of drug-likeness (QED) is 0.138. The van der Waals surface area contributed by atoms with E-state index >= 15 is 0 Å². The summed E-state index contributed by atoms with van der Waals surface area (Å²) in [7, 11) is 0. The molecule has 0 aromatic heterocycles. The smallest absolute Gasteiger partial charge is 0.408 e. The van der Waals surface area contributed by atoms with E-state index in [2.05, 4.69) is 23.5 Å². The predicted octanol–water partition coefficient (Wildman–Crippen LogP) is 6.66. The number of hydrogen-bond donors (Lipinski definition) is 3. The van der Waals surface area contributed by atoms with Crippen LogP contribution >= 0.6 is 0 Å². The highest BCUT2D eigenvalue weighted by Crippen LogP contribution is 2.27. The molecule has 0 radical (unpaired) electrons. The second-order valence-corrected chi connectivity index (χ2v) is 12.1. The van der Waals surface area contributed by atoms with Crippen molar-refractivity contribution < 1.29 is 24.2 Å². The highest BCUT2D eigenvalue weighted by Gasteiger charge is 2.37. The minimum atomic E-state index is -1.04. The Morgan fingerprint density at radius 3 is 2.20 bits per heavy atom. The Balaban J connectivity index is 2.57. The van der Waals surface area contributed by atoms with Crippen molar-refractivity contribution in [3.63, 3.8) is 0 Å². The molecular weight excluding hydrogens is 554 g/mol. The van der Waals surface area contributed by atoms with Gasteiger partial charge in [-0.2, -0.15) is 0 Å². The standard InChI is InChI=1S/C36H51N3O5/c1-7-10-12-13-14-17-25-39(32(33(41)37-24-11-8-2)30-19-16-15-18-28(30)9-3)34(42)31(38-35(43)44-36(4,5)6)26-27-20-22-29(40)23-21-27/h3,15-16,18-23,31-32,40H,7-8,10-14,17,24-26H2,1-2,4-6H3,(H,37,41)(H,38,43). The van der Waals surface area contributed by atoms with Crippen LogP contribution in [-0.2, 0) is 20.7 Å². The first-order valence-corrected chi connectivity index (χ1v) is 15.9. The number of alkyl carbamates (subject to hydrolysis) is 1. The summed E-state index contributed by atoms with van der Waals surface area (Å²) in [6.45, 7) is 10.2. The maximum absolute atomic E-state index is 14.6. The number of unbranched alkanes of at least 4 members (excludes halogenated alkanes) is 6. The maximum Gasteiger partial charge on any atom is 0.408 e. The number of aromatic hydroxyl groups is 1. The van der Waals surface area contributed by atoms with Crippen LogP contribution in [-0.4, -0.2) is 52.6 Å². The number of nitrogens with zero attached hydrogens (tertiary/aromatic N) is 1. The van der Waals surface area contributed by atoms with Gasteiger partial charge < -0.3 is 25.4 Å². The molecule has 0 saturated heterocycles. The summed E-state index contributed by atoms with van der Waals surface area (Å²) in [6, 6.07) is 11.6. The third kappa shape index (κ3) is 12.3. The van der Waals surface area contributed by atoms with Crippen LogP contribution in [0.5, 0.6) is 5.75 Å². The molecule has 0 heterocycles. The SMILES string of the molecule is C#Cc1ccccc1C(C(=O)NCCCC)N(CCCCCCCC)C(=O)C(Cc1ccc(O)cc1)NC(=O)OC(C)(C)C. The van der Waals surface area contributed by atoms with Crippen molar-refractivity contribution in [2.45, 2.75) is 110 Å². The zero-order chi connectivity index (χ0) is 32.5. The first-order valence-electron chi connectivity index (χ1n) is 15.9. The van der Waals surface area contributed by atoms with Crippen molar-refractivity contribution in [3.05, 3.63) is 65.2 Å². The summed E-state index contributed by atoms with van der Waals surface area (Å²) in [6.07, 6.45) is 13.0. The van der Waals surface area contributed by atoms with Gasteiger partial charge in [-0.05, 0) is 62.9 Å². The van der Waals surface area contributed by atoms with Crippen LogP contribution in [0.2, 0.25) is 0 Å². The van der Waals surface area contributed by atoms with Crippen molar-refractivity contribution in [1.29, 1.82) is 0 Å². The van der Waals surface area contributed by atoms with Crippen LogP contribution in [0, 0.1) is 12.3 Å². The predicted molar refractivity (Wildman–Crippen MR) is 175 cm³/mol. The molecule has 2 aromatic rings. The fourth-order valence-electron chi connectivity index (χ4n) is 4.95. The Morgan fingerprint density at radius 2 is 1.57 bits per heavy atom. The Labute approximate surface area is 263 Å². The lowest BCUT2D eigenvalue weighted by Gasteiger charge is -2.35. The van der Waals surface area contributed by atoms with Crippen LogP contribution in [0.1, 0.15) is 109 Å². The first kappa shape index (κ1) is 36.2. The van der Waals surface area contributed by atoms with Gasteiger partial charge in [-0.25, -0.2) is 4.79 Å². The van der Waals surface area contributed by atoms with E-state index in [-0.39, 0.29) is 18.1 Å². The largest absolute Gasteiger partial charge is 0.508 e. The highest BCUT2D eigenvalue weighted by molar-refractivity contribution is 5.92. The molecule has 8 heteroatoms. The molecule has 2 unspecified atom stereocenters. The number of ether oxygens (including phenoxy) is 1. The summed E-state index contributed by atoms with van der Waals surface area (Å²) in [5.41, 5.74) is 1.04. The lowest BCUT2D eigenvalue weighted by Crippen LogP contribution is -2.54. The molecule has 2 rings (SSSR count). The number of carbonyl (C=O) groups is 3. The molecule has 3 N–H and O–H groups in total. The van der Waals surface area contributed by atoms with E-state index in [1.807, 2.05) is 19.1 Å². The van der Waals surface area contributed by atoms with Crippen molar-refractivity contribution >= 4 is 17.9 Å². The number of hydrogen-bond acceptors (Lipinski definition) is 5. The minimum Gasteiger partial charge on any atom is -0.508 e. The highest BCUT2D eigenvalue weighted by atomic mass is 16.6. The number of nitrogens with one attached hydrogen (secondary N) is 2. The number of rotatable bonds is 17. The van der Waals surface area contributed by atoms with Crippen molar-refractivity contribution in [2.24, 2.45) is 0 Å². The van der Waals surface area contributed by atoms with Gasteiger partial charge in [-0.15, -0.1) is 6.42 Å². The summed E-state index contributed by atoms with van der Waals surface area (Å²) in [5, 5.41) is 15.6. The van der Waals surface area contributed by atoms with Gasteiger partial charge in [0, 0.05) is 25.1 Å². The molecule has 0 aliphatic carbocycles. The van der Waals surface area contributed by atoms with Crippen molar-refractivity contribution in [2.75, 3.05) is 13.1 Å². The molecule has 0 aliphatic rings. The third-order valence-electron chi connectivity index (χ3n) is 7.20. The number of terminal acetylenes is 1. The van der Waals surface area contributed by atoms with E-state index in [1.54, 1.807) is 49.9 Å². The van der Waals surface area contributed by atoms with Crippen LogP contribution in [0.25, 0.3) is 0 Å². The second-order valence-electron chi connectivity index (χ2n) is 12.1. The summed E-state index contributed by atoms with van der Waals surface area (Å²) < 4.78 is 5.52. The van der Waals surface area contributed by atoms with Crippen molar-refractivity contribution in [3.8, 4) is 18.1 Å². The molecule has 0 aliphatic heterocycles. The van der Waals surface area contributed by atoms with Gasteiger partial charge in [0.05, 0.1) is 0 Å². The van der Waals surface area contributed by atoms with Gasteiger partial charge >= 0.3 is 6.09 Å². The monoisotopic (exact) mass is 605 g/mol. The molecule has 0 saturated carbocycles. The molecule has 0 bridgehead atoms. The number of carbonyl (C=O) groups excluding carboxylic acids is 3. The number of phenols is 1. The van der Waals surface area contributed by atoms with Gasteiger partial charge in [0.2, 0.25) is 11.8 Å². The number of benzene rings is 2. The van der Waals surface area contributed by atoms with Crippen LogP contribution in [0.4, 0.5) is 4.79 Å². The molecule has 3 amide bonds. The Kier molecular flexibility index (Phi) is 15.3. The van der Waals surface area contributed by atoms with E-state index in [4.69, 9.17) is 11.2 Å². The van der Waals surface area contributed by atoms with Gasteiger partial charge in [-0.3, -0.25) is 9.59 Å². The minimum absolute atomic E-state index is 0.0936. The Bertz CT molecular complexity index is 1230. The van der Waals surface area contributed by atoms with E-state index < -0.39 is 29.7 Å². The zero-order valence-corrected chi connectivity index (χ0v) is 27.2. The van der Waals surface area contributed by atoms with Gasteiger partial charge in [0.25, 0.3) is 0 Å². The molecule has 8 nitrogen and oxygen atoms in total. The summed E-state index contributed by atoms with van der Waals surface area (Å²) >= 11 is 0. The van der Waals surface area contributed by atoms with Crippen LogP contribution in [0.15, 0.2) is 48.5 Å². The van der Waals surface area contributed by atoms with Gasteiger partial charge in [0.1, 0.15) is 23.4 Å². The third-order valence-corrected chi connectivity index (χ3v) is 7.20. The second kappa shape index (κ2) is 18.6. The molecular formula is C36H51N3O5. The fraction of sp³-hybridized carbons (Fsp3) is 0.528. The number of amides is 3. The van der Waals surface area contributed by atoms with Crippen LogP contribution < -0.4 is 10.6 Å². The summed E-state index contributed by atoms with van der Waals surface area (Å²) in [4.78, 5) is 43.1. The lowest BCUT2D eigenvalue weighted by atomic mass is 9.96. The fourth-order valence-corrected chi connectivity index (χ4v) is 4.95. The van der Waals surface area contributed by atoms with Gasteiger partial charge in [-0.1, -0.05) is 88.6 Å². The Hall–Kier alpha value is -3.99. The van der Waals surface area contributed by atoms with E-state index in [0.717, 1.165) is 50.5 Å². The molecule has 44 heavy (non-hydrogen) atoms. The molecule has 0 spiro atoms. The average molecular weight is 606 g/mol. The lowest BCUT2D eigenvalue weighted by molar-refractivity contribution is -0.142. The van der Waals surface area contributed by atoms with Crippen molar-refractivity contribution in [1.82, 2.24) is 15.5 Å². The molecule has 2 atom stereocenters. The molecule has 0 fully saturated rings. The van der Waals surface area contributed by atoms with E-state index in [0.29, 0.717) is 30.6 Å². The Morgan fingerprint density at radius 1 is 0.932 bits per heavy atom.